The molecule has 2 aliphatic heterocycles. The van der Waals surface area contributed by atoms with Crippen LogP contribution in [-0.4, -0.2) is 78.3 Å². The van der Waals surface area contributed by atoms with Crippen molar-refractivity contribution in [3.05, 3.63) is 12.7 Å². The highest BCUT2D eigenvalue weighted by atomic mass is 16.1. The molecule has 0 atom stereocenters. The third-order valence-corrected chi connectivity index (χ3v) is 4.59. The van der Waals surface area contributed by atoms with E-state index in [1.54, 1.807) is 0 Å². The molecule has 1 aromatic heterocycles. The molecule has 23 heavy (non-hydrogen) atoms. The quantitative estimate of drug-likeness (QED) is 0.700. The predicted molar refractivity (Wildman–Crippen MR) is 89.6 cm³/mol. The SMILES string of the molecule is C=CC(=O)NCC1CN(c2nnc(N3CCN(CC)CC3)[nH]2)C1. The average Bonchev–Trinajstić information content (AvgIpc) is 3.02. The summed E-state index contributed by atoms with van der Waals surface area (Å²) in [6.07, 6.45) is 1.30. The van der Waals surface area contributed by atoms with Crippen LogP contribution in [-0.2, 0) is 4.79 Å². The van der Waals surface area contributed by atoms with Crippen molar-refractivity contribution in [2.75, 3.05) is 62.2 Å². The van der Waals surface area contributed by atoms with E-state index < -0.39 is 0 Å². The number of nitrogens with zero attached hydrogens (tertiary/aromatic N) is 5. The number of amides is 1. The fourth-order valence-corrected chi connectivity index (χ4v) is 2.99. The lowest BCUT2D eigenvalue weighted by molar-refractivity contribution is -0.116. The first-order valence-electron chi connectivity index (χ1n) is 8.24. The molecule has 1 amide bonds. The maximum Gasteiger partial charge on any atom is 0.243 e. The number of hydrogen-bond acceptors (Lipinski definition) is 6. The Kier molecular flexibility index (Phi) is 4.80. The van der Waals surface area contributed by atoms with Crippen LogP contribution in [0.2, 0.25) is 0 Å². The number of nitrogens with one attached hydrogen (secondary N) is 2. The molecule has 2 aliphatic rings. The smallest absolute Gasteiger partial charge is 0.243 e. The minimum Gasteiger partial charge on any atom is -0.352 e. The van der Waals surface area contributed by atoms with Gasteiger partial charge in [0.2, 0.25) is 17.8 Å². The monoisotopic (exact) mass is 319 g/mol. The van der Waals surface area contributed by atoms with E-state index in [2.05, 4.69) is 48.7 Å². The Morgan fingerprint density at radius 1 is 1.26 bits per heavy atom. The lowest BCUT2D eigenvalue weighted by atomic mass is 10.0. The largest absolute Gasteiger partial charge is 0.352 e. The van der Waals surface area contributed by atoms with Gasteiger partial charge in [-0.05, 0) is 12.6 Å². The molecule has 2 saturated heterocycles. The summed E-state index contributed by atoms with van der Waals surface area (Å²) in [6, 6.07) is 0. The summed E-state index contributed by atoms with van der Waals surface area (Å²) in [5.74, 6) is 2.03. The van der Waals surface area contributed by atoms with Gasteiger partial charge in [0.05, 0.1) is 0 Å². The van der Waals surface area contributed by atoms with Crippen LogP contribution in [0.1, 0.15) is 6.92 Å². The van der Waals surface area contributed by atoms with E-state index in [0.29, 0.717) is 12.5 Å². The molecule has 0 radical (unpaired) electrons. The Morgan fingerprint density at radius 3 is 2.52 bits per heavy atom. The molecular formula is C15H25N7O. The topological polar surface area (TPSA) is 80.4 Å². The van der Waals surface area contributed by atoms with Crippen LogP contribution in [0, 0.1) is 5.92 Å². The van der Waals surface area contributed by atoms with Gasteiger partial charge in [0.1, 0.15) is 0 Å². The zero-order chi connectivity index (χ0) is 16.2. The highest BCUT2D eigenvalue weighted by molar-refractivity contribution is 5.86. The number of anilines is 2. The molecule has 0 bridgehead atoms. The van der Waals surface area contributed by atoms with Gasteiger partial charge < -0.3 is 20.0 Å². The summed E-state index contributed by atoms with van der Waals surface area (Å²) in [5.41, 5.74) is 0. The first kappa shape index (κ1) is 15.8. The molecule has 0 spiro atoms. The first-order valence-corrected chi connectivity index (χ1v) is 8.24. The van der Waals surface area contributed by atoms with Crippen LogP contribution in [0.5, 0.6) is 0 Å². The Bertz CT molecular complexity index is 544. The first-order chi connectivity index (χ1) is 11.2. The molecule has 1 aromatic rings. The Balaban J connectivity index is 1.46. The van der Waals surface area contributed by atoms with Gasteiger partial charge in [-0.2, -0.15) is 0 Å². The number of piperazine rings is 1. The van der Waals surface area contributed by atoms with E-state index in [0.717, 1.165) is 57.7 Å². The second kappa shape index (κ2) is 6.99. The van der Waals surface area contributed by atoms with Crippen molar-refractivity contribution >= 4 is 17.8 Å². The molecular weight excluding hydrogens is 294 g/mol. The van der Waals surface area contributed by atoms with Crippen LogP contribution < -0.4 is 15.1 Å². The van der Waals surface area contributed by atoms with Crippen LogP contribution >= 0.6 is 0 Å². The van der Waals surface area contributed by atoms with Gasteiger partial charge in [-0.25, -0.2) is 0 Å². The summed E-state index contributed by atoms with van der Waals surface area (Å²) >= 11 is 0. The number of carbonyl (C=O) groups is 1. The van der Waals surface area contributed by atoms with Crippen LogP contribution in [0.3, 0.4) is 0 Å². The summed E-state index contributed by atoms with van der Waals surface area (Å²) < 4.78 is 0. The van der Waals surface area contributed by atoms with E-state index in [1.165, 1.54) is 6.08 Å². The van der Waals surface area contributed by atoms with Gasteiger partial charge in [0, 0.05) is 51.7 Å². The highest BCUT2D eigenvalue weighted by Gasteiger charge is 2.30. The molecule has 2 N–H and O–H groups in total. The van der Waals surface area contributed by atoms with Gasteiger partial charge in [-0.1, -0.05) is 13.5 Å². The van der Waals surface area contributed by atoms with E-state index in [4.69, 9.17) is 0 Å². The van der Waals surface area contributed by atoms with E-state index in [-0.39, 0.29) is 5.91 Å². The second-order valence-corrected chi connectivity index (χ2v) is 6.11. The average molecular weight is 319 g/mol. The highest BCUT2D eigenvalue weighted by Crippen LogP contribution is 2.22. The number of aromatic amines is 1. The van der Waals surface area contributed by atoms with E-state index >= 15 is 0 Å². The van der Waals surface area contributed by atoms with Crippen molar-refractivity contribution in [1.82, 2.24) is 25.4 Å². The van der Waals surface area contributed by atoms with Crippen molar-refractivity contribution < 1.29 is 4.79 Å². The summed E-state index contributed by atoms with van der Waals surface area (Å²) in [7, 11) is 0. The van der Waals surface area contributed by atoms with Gasteiger partial charge >= 0.3 is 0 Å². The van der Waals surface area contributed by atoms with Gasteiger partial charge in [-0.15, -0.1) is 10.2 Å². The maximum atomic E-state index is 11.2. The molecule has 3 heterocycles. The van der Waals surface area contributed by atoms with Crippen molar-refractivity contribution in [1.29, 1.82) is 0 Å². The number of carbonyl (C=O) groups excluding carboxylic acids is 1. The van der Waals surface area contributed by atoms with E-state index in [9.17, 15) is 4.79 Å². The Morgan fingerprint density at radius 2 is 1.91 bits per heavy atom. The van der Waals surface area contributed by atoms with Crippen molar-refractivity contribution in [3.63, 3.8) is 0 Å². The third-order valence-electron chi connectivity index (χ3n) is 4.59. The molecule has 0 unspecified atom stereocenters. The fourth-order valence-electron chi connectivity index (χ4n) is 2.99. The molecule has 2 fully saturated rings. The fraction of sp³-hybridized carbons (Fsp3) is 0.667. The van der Waals surface area contributed by atoms with Crippen LogP contribution in [0.15, 0.2) is 12.7 Å². The Hall–Kier alpha value is -2.09. The minimum atomic E-state index is -0.114. The molecule has 3 rings (SSSR count). The standard InChI is InChI=1S/C15H25N7O/c1-3-13(23)16-9-12-10-22(11-12)15-17-14(18-19-15)21-7-5-20(4-2)6-8-21/h3,12H,1,4-11H2,2H3,(H,16,23)(H,17,18,19). The zero-order valence-corrected chi connectivity index (χ0v) is 13.7. The number of hydrogen-bond donors (Lipinski definition) is 2. The Labute approximate surface area is 136 Å². The minimum absolute atomic E-state index is 0.114. The number of H-pyrrole nitrogens is 1. The summed E-state index contributed by atoms with van der Waals surface area (Å²) in [6.45, 7) is 13.3. The number of likely N-dealkylation sites (N-methyl/N-ethyl adjacent to an activating group) is 1. The van der Waals surface area contributed by atoms with Crippen molar-refractivity contribution in [2.45, 2.75) is 6.92 Å². The predicted octanol–water partition coefficient (Wildman–Crippen LogP) is -0.315. The lowest BCUT2D eigenvalue weighted by Crippen LogP contribution is -2.52. The maximum absolute atomic E-state index is 11.2. The summed E-state index contributed by atoms with van der Waals surface area (Å²) in [5, 5.41) is 11.4. The van der Waals surface area contributed by atoms with Gasteiger partial charge in [-0.3, -0.25) is 9.78 Å². The molecule has 0 saturated carbocycles. The third kappa shape index (κ3) is 3.64. The molecule has 8 heteroatoms. The van der Waals surface area contributed by atoms with Crippen LogP contribution in [0.25, 0.3) is 0 Å². The number of rotatable bonds is 6. The van der Waals surface area contributed by atoms with Gasteiger partial charge in [0.15, 0.2) is 0 Å². The second-order valence-electron chi connectivity index (χ2n) is 6.11. The van der Waals surface area contributed by atoms with Crippen LogP contribution in [0.4, 0.5) is 11.9 Å². The molecule has 8 nitrogen and oxygen atoms in total. The molecule has 0 aromatic carbocycles. The zero-order valence-electron chi connectivity index (χ0n) is 13.7. The van der Waals surface area contributed by atoms with E-state index in [1.807, 2.05) is 0 Å². The van der Waals surface area contributed by atoms with Crippen molar-refractivity contribution in [2.24, 2.45) is 5.92 Å². The van der Waals surface area contributed by atoms with Gasteiger partial charge in [0.25, 0.3) is 0 Å². The normalized spacial score (nSPS) is 19.5. The summed E-state index contributed by atoms with van der Waals surface area (Å²) in [4.78, 5) is 21.3. The number of aromatic nitrogens is 3. The molecule has 126 valence electrons. The lowest BCUT2D eigenvalue weighted by Gasteiger charge is -2.38. The molecule has 0 aliphatic carbocycles. The van der Waals surface area contributed by atoms with Crippen molar-refractivity contribution in [3.8, 4) is 0 Å².